The number of hydrogen-bond donors (Lipinski definition) is 1. The fourth-order valence-corrected chi connectivity index (χ4v) is 3.36. The molecule has 0 atom stereocenters. The van der Waals surface area contributed by atoms with Gasteiger partial charge >= 0.3 is 0 Å². The van der Waals surface area contributed by atoms with Crippen molar-refractivity contribution in [1.82, 2.24) is 0 Å². The standard InChI is InChI=1S/C15H15NS/c1-3-11-7-5-9-13-15(11)16-14-10(2)6-4-8-12(14)17-13/h4-9,16H,3H2,1-2H3. The second kappa shape index (κ2) is 4.11. The topological polar surface area (TPSA) is 12.0 Å². The lowest BCUT2D eigenvalue weighted by atomic mass is 10.1. The first-order valence-corrected chi connectivity index (χ1v) is 6.77. The summed E-state index contributed by atoms with van der Waals surface area (Å²) in [6, 6.07) is 13.0. The van der Waals surface area contributed by atoms with E-state index in [2.05, 4.69) is 55.6 Å². The molecule has 0 saturated heterocycles. The molecule has 0 unspecified atom stereocenters. The number of aryl methyl sites for hydroxylation is 2. The normalized spacial score (nSPS) is 12.6. The van der Waals surface area contributed by atoms with Crippen LogP contribution < -0.4 is 5.32 Å². The smallest absolute Gasteiger partial charge is 0.0558 e. The summed E-state index contributed by atoms with van der Waals surface area (Å²) in [4.78, 5) is 2.66. The molecule has 0 aromatic heterocycles. The van der Waals surface area contributed by atoms with E-state index >= 15 is 0 Å². The van der Waals surface area contributed by atoms with Crippen LogP contribution in [0.4, 0.5) is 11.4 Å². The van der Waals surface area contributed by atoms with E-state index in [9.17, 15) is 0 Å². The molecule has 86 valence electrons. The van der Waals surface area contributed by atoms with Crippen LogP contribution in [0.25, 0.3) is 0 Å². The van der Waals surface area contributed by atoms with Gasteiger partial charge in [-0.15, -0.1) is 0 Å². The Morgan fingerprint density at radius 1 is 1.00 bits per heavy atom. The highest BCUT2D eigenvalue weighted by molar-refractivity contribution is 7.99. The predicted molar refractivity (Wildman–Crippen MR) is 74.4 cm³/mol. The third-order valence-corrected chi connectivity index (χ3v) is 4.32. The fourth-order valence-electron chi connectivity index (χ4n) is 2.23. The van der Waals surface area contributed by atoms with Gasteiger partial charge in [-0.1, -0.05) is 43.0 Å². The molecule has 0 aliphatic carbocycles. The zero-order valence-corrected chi connectivity index (χ0v) is 10.9. The van der Waals surface area contributed by atoms with E-state index in [1.54, 1.807) is 0 Å². The highest BCUT2D eigenvalue weighted by Crippen LogP contribution is 2.46. The summed E-state index contributed by atoms with van der Waals surface area (Å²) in [6.07, 6.45) is 1.07. The number of fused-ring (bicyclic) bond motifs is 2. The summed E-state index contributed by atoms with van der Waals surface area (Å²) in [6.45, 7) is 4.36. The maximum atomic E-state index is 3.61. The fraction of sp³-hybridized carbons (Fsp3) is 0.200. The molecule has 2 aromatic rings. The van der Waals surface area contributed by atoms with Crippen molar-refractivity contribution in [3.63, 3.8) is 0 Å². The Morgan fingerprint density at radius 2 is 1.71 bits per heavy atom. The molecule has 1 nitrogen and oxygen atoms in total. The Kier molecular flexibility index (Phi) is 2.60. The molecular formula is C15H15NS. The van der Waals surface area contributed by atoms with Gasteiger partial charge < -0.3 is 5.32 Å². The van der Waals surface area contributed by atoms with Crippen LogP contribution in [0.3, 0.4) is 0 Å². The monoisotopic (exact) mass is 241 g/mol. The van der Waals surface area contributed by atoms with Gasteiger partial charge in [0.1, 0.15) is 0 Å². The van der Waals surface area contributed by atoms with E-state index in [0.29, 0.717) is 0 Å². The first-order chi connectivity index (χ1) is 8.29. The lowest BCUT2D eigenvalue weighted by Crippen LogP contribution is -2.04. The van der Waals surface area contributed by atoms with Crippen molar-refractivity contribution in [3.05, 3.63) is 47.5 Å². The van der Waals surface area contributed by atoms with Crippen LogP contribution in [0.2, 0.25) is 0 Å². The van der Waals surface area contributed by atoms with Crippen LogP contribution in [0.15, 0.2) is 46.2 Å². The maximum absolute atomic E-state index is 3.61. The third kappa shape index (κ3) is 1.73. The quantitative estimate of drug-likeness (QED) is 0.659. The van der Waals surface area contributed by atoms with Crippen LogP contribution in [-0.4, -0.2) is 0 Å². The number of nitrogens with one attached hydrogen (secondary N) is 1. The number of anilines is 2. The van der Waals surface area contributed by atoms with Crippen molar-refractivity contribution in [2.45, 2.75) is 30.1 Å². The Hall–Kier alpha value is -1.41. The van der Waals surface area contributed by atoms with Crippen LogP contribution >= 0.6 is 11.8 Å². The minimum absolute atomic E-state index is 1.07. The lowest BCUT2D eigenvalue weighted by molar-refractivity contribution is 1.11. The average molecular weight is 241 g/mol. The largest absolute Gasteiger partial charge is 0.353 e. The Bertz CT molecular complexity index is 575. The summed E-state index contributed by atoms with van der Waals surface area (Å²) in [5.74, 6) is 0. The molecule has 1 N–H and O–H groups in total. The molecule has 0 saturated carbocycles. The van der Waals surface area contributed by atoms with E-state index in [1.165, 1.54) is 32.3 Å². The molecule has 3 rings (SSSR count). The Labute approximate surface area is 106 Å². The Morgan fingerprint density at radius 3 is 2.47 bits per heavy atom. The first kappa shape index (κ1) is 10.7. The molecule has 0 amide bonds. The molecule has 2 aromatic carbocycles. The van der Waals surface area contributed by atoms with Crippen molar-refractivity contribution in [1.29, 1.82) is 0 Å². The van der Waals surface area contributed by atoms with Gasteiger partial charge in [-0.25, -0.2) is 0 Å². The van der Waals surface area contributed by atoms with Crippen LogP contribution in [0, 0.1) is 6.92 Å². The van der Waals surface area contributed by atoms with Gasteiger partial charge in [-0.2, -0.15) is 0 Å². The van der Waals surface area contributed by atoms with Crippen molar-refractivity contribution >= 4 is 23.1 Å². The summed E-state index contributed by atoms with van der Waals surface area (Å²) in [5, 5.41) is 3.61. The number of rotatable bonds is 1. The van der Waals surface area contributed by atoms with Crippen molar-refractivity contribution < 1.29 is 0 Å². The van der Waals surface area contributed by atoms with Gasteiger partial charge in [0.25, 0.3) is 0 Å². The van der Waals surface area contributed by atoms with Gasteiger partial charge in [0, 0.05) is 9.79 Å². The summed E-state index contributed by atoms with van der Waals surface area (Å²) in [5.41, 5.74) is 5.27. The molecule has 0 fully saturated rings. The summed E-state index contributed by atoms with van der Waals surface area (Å²) >= 11 is 1.86. The molecule has 2 heteroatoms. The molecule has 1 heterocycles. The molecule has 0 spiro atoms. The highest BCUT2D eigenvalue weighted by Gasteiger charge is 2.18. The van der Waals surface area contributed by atoms with Gasteiger partial charge in [0.2, 0.25) is 0 Å². The molecule has 1 aliphatic heterocycles. The Balaban J connectivity index is 2.14. The third-order valence-electron chi connectivity index (χ3n) is 3.20. The average Bonchev–Trinajstić information content (AvgIpc) is 2.36. The molecule has 17 heavy (non-hydrogen) atoms. The lowest BCUT2D eigenvalue weighted by Gasteiger charge is -2.24. The van der Waals surface area contributed by atoms with Gasteiger partial charge in [0.05, 0.1) is 11.4 Å². The van der Waals surface area contributed by atoms with Crippen LogP contribution in [0.1, 0.15) is 18.1 Å². The van der Waals surface area contributed by atoms with E-state index in [4.69, 9.17) is 0 Å². The first-order valence-electron chi connectivity index (χ1n) is 5.96. The van der Waals surface area contributed by atoms with E-state index in [0.717, 1.165) is 6.42 Å². The second-order valence-electron chi connectivity index (χ2n) is 4.32. The molecule has 1 aliphatic rings. The summed E-state index contributed by atoms with van der Waals surface area (Å²) < 4.78 is 0. The van der Waals surface area contributed by atoms with Gasteiger partial charge in [-0.05, 0) is 36.6 Å². The molecule has 0 radical (unpaired) electrons. The van der Waals surface area contributed by atoms with Crippen LogP contribution in [-0.2, 0) is 6.42 Å². The highest BCUT2D eigenvalue weighted by atomic mass is 32.2. The van der Waals surface area contributed by atoms with Crippen molar-refractivity contribution in [3.8, 4) is 0 Å². The predicted octanol–water partition coefficient (Wildman–Crippen LogP) is 4.77. The number of para-hydroxylation sites is 2. The van der Waals surface area contributed by atoms with E-state index in [1.807, 2.05) is 11.8 Å². The molecule has 0 bridgehead atoms. The minimum atomic E-state index is 1.07. The van der Waals surface area contributed by atoms with Gasteiger partial charge in [0.15, 0.2) is 0 Å². The maximum Gasteiger partial charge on any atom is 0.0558 e. The minimum Gasteiger partial charge on any atom is -0.353 e. The van der Waals surface area contributed by atoms with E-state index < -0.39 is 0 Å². The number of benzene rings is 2. The van der Waals surface area contributed by atoms with E-state index in [-0.39, 0.29) is 0 Å². The van der Waals surface area contributed by atoms with Crippen LogP contribution in [0.5, 0.6) is 0 Å². The second-order valence-corrected chi connectivity index (χ2v) is 5.40. The van der Waals surface area contributed by atoms with Crippen molar-refractivity contribution in [2.24, 2.45) is 0 Å². The zero-order chi connectivity index (χ0) is 11.8. The van der Waals surface area contributed by atoms with Gasteiger partial charge in [-0.3, -0.25) is 0 Å². The number of hydrogen-bond acceptors (Lipinski definition) is 2. The SMILES string of the molecule is CCc1cccc2c1Nc1c(C)cccc1S2. The van der Waals surface area contributed by atoms with Crippen molar-refractivity contribution in [2.75, 3.05) is 5.32 Å². The zero-order valence-electron chi connectivity index (χ0n) is 10.1. The summed E-state index contributed by atoms with van der Waals surface area (Å²) in [7, 11) is 0. The molecular weight excluding hydrogens is 226 g/mol.